The van der Waals surface area contributed by atoms with Gasteiger partial charge in [-0.25, -0.2) is 8.42 Å². The SMILES string of the molecule is C[C@@H](NC(=O)c1ccccc1NS(=O)(=O)c1ccc(Br)cc1)[C@@H]1C[C@H]2CC[C@H]1C2. The second kappa shape index (κ2) is 8.11. The zero-order valence-electron chi connectivity index (χ0n) is 16.3. The Labute approximate surface area is 180 Å². The van der Waals surface area contributed by atoms with Crippen LogP contribution < -0.4 is 10.0 Å². The summed E-state index contributed by atoms with van der Waals surface area (Å²) in [6.45, 7) is 2.07. The lowest BCUT2D eigenvalue weighted by atomic mass is 9.84. The third-order valence-electron chi connectivity index (χ3n) is 6.33. The fourth-order valence-electron chi connectivity index (χ4n) is 4.89. The Morgan fingerprint density at radius 3 is 2.45 bits per heavy atom. The predicted octanol–water partition coefficient (Wildman–Crippen LogP) is 4.80. The van der Waals surface area contributed by atoms with Crippen LogP contribution in [0, 0.1) is 17.8 Å². The average molecular weight is 477 g/mol. The molecule has 2 aromatic rings. The van der Waals surface area contributed by atoms with Gasteiger partial charge in [-0.3, -0.25) is 9.52 Å². The van der Waals surface area contributed by atoms with Gasteiger partial charge in [0, 0.05) is 10.5 Å². The topological polar surface area (TPSA) is 75.3 Å². The van der Waals surface area contributed by atoms with Gasteiger partial charge in [0.2, 0.25) is 0 Å². The highest BCUT2D eigenvalue weighted by atomic mass is 79.9. The van der Waals surface area contributed by atoms with E-state index in [9.17, 15) is 13.2 Å². The summed E-state index contributed by atoms with van der Waals surface area (Å²) in [6.07, 6.45) is 5.06. The second-order valence-corrected chi connectivity index (χ2v) is 10.8. The molecule has 154 valence electrons. The number of amides is 1. The molecule has 4 atom stereocenters. The third kappa shape index (κ3) is 4.36. The van der Waals surface area contributed by atoms with E-state index in [1.807, 2.05) is 0 Å². The van der Waals surface area contributed by atoms with Crippen LogP contribution in [0.5, 0.6) is 0 Å². The van der Waals surface area contributed by atoms with Gasteiger partial charge in [0.1, 0.15) is 0 Å². The number of halogens is 1. The maximum absolute atomic E-state index is 13.0. The van der Waals surface area contributed by atoms with Crippen molar-refractivity contribution in [3.8, 4) is 0 Å². The Bertz CT molecular complexity index is 1010. The van der Waals surface area contributed by atoms with Crippen LogP contribution in [-0.2, 0) is 10.0 Å². The number of para-hydroxylation sites is 1. The first kappa shape index (κ1) is 20.4. The summed E-state index contributed by atoms with van der Waals surface area (Å²) in [6, 6.07) is 13.2. The van der Waals surface area contributed by atoms with Gasteiger partial charge in [-0.2, -0.15) is 0 Å². The Morgan fingerprint density at radius 1 is 1.07 bits per heavy atom. The van der Waals surface area contributed by atoms with Crippen LogP contribution in [0.15, 0.2) is 57.9 Å². The van der Waals surface area contributed by atoms with E-state index in [1.54, 1.807) is 36.4 Å². The van der Waals surface area contributed by atoms with Crippen LogP contribution in [0.2, 0.25) is 0 Å². The van der Waals surface area contributed by atoms with Crippen LogP contribution >= 0.6 is 15.9 Å². The summed E-state index contributed by atoms with van der Waals surface area (Å²) < 4.78 is 28.9. The van der Waals surface area contributed by atoms with E-state index < -0.39 is 10.0 Å². The Hall–Kier alpha value is -1.86. The zero-order chi connectivity index (χ0) is 20.6. The first-order valence-electron chi connectivity index (χ1n) is 10.0. The largest absolute Gasteiger partial charge is 0.349 e. The molecule has 1 amide bonds. The summed E-state index contributed by atoms with van der Waals surface area (Å²) in [5.74, 6) is 1.80. The maximum Gasteiger partial charge on any atom is 0.261 e. The van der Waals surface area contributed by atoms with Crippen molar-refractivity contribution in [3.63, 3.8) is 0 Å². The molecule has 4 rings (SSSR count). The lowest BCUT2D eigenvalue weighted by Gasteiger charge is -2.28. The highest BCUT2D eigenvalue weighted by Gasteiger charge is 2.42. The average Bonchev–Trinajstić information content (AvgIpc) is 3.32. The quantitative estimate of drug-likeness (QED) is 0.628. The molecule has 0 heterocycles. The summed E-state index contributed by atoms with van der Waals surface area (Å²) in [5, 5.41) is 3.12. The Morgan fingerprint density at radius 2 is 1.79 bits per heavy atom. The minimum atomic E-state index is -3.79. The van der Waals surface area contributed by atoms with Gasteiger partial charge in [-0.15, -0.1) is 0 Å². The molecule has 0 aromatic heterocycles. The minimum absolute atomic E-state index is 0.0777. The van der Waals surface area contributed by atoms with Crippen LogP contribution in [0.3, 0.4) is 0 Å². The van der Waals surface area contributed by atoms with E-state index in [1.165, 1.54) is 37.8 Å². The maximum atomic E-state index is 13.0. The molecule has 2 N–H and O–H groups in total. The fourth-order valence-corrected chi connectivity index (χ4v) is 6.23. The van der Waals surface area contributed by atoms with Gasteiger partial charge in [-0.1, -0.05) is 34.5 Å². The third-order valence-corrected chi connectivity index (χ3v) is 8.24. The van der Waals surface area contributed by atoms with Crippen LogP contribution in [0.25, 0.3) is 0 Å². The van der Waals surface area contributed by atoms with Crippen LogP contribution in [-0.4, -0.2) is 20.4 Å². The number of hydrogen-bond acceptors (Lipinski definition) is 3. The zero-order valence-corrected chi connectivity index (χ0v) is 18.7. The van der Waals surface area contributed by atoms with E-state index in [0.29, 0.717) is 17.4 Å². The fraction of sp³-hybridized carbons (Fsp3) is 0.409. The van der Waals surface area contributed by atoms with Gasteiger partial charge in [-0.05, 0) is 80.3 Å². The highest BCUT2D eigenvalue weighted by Crippen LogP contribution is 2.49. The number of hydrogen-bond donors (Lipinski definition) is 2. The standard InChI is InChI=1S/C22H25BrN2O3S/c1-14(20-13-15-6-7-16(20)12-15)24-22(26)19-4-2-3-5-21(19)25-29(27,28)18-10-8-17(23)9-11-18/h2-5,8-11,14-16,20,25H,6-7,12-13H2,1H3,(H,24,26)/t14-,15+,16+,20+/m1/s1. The lowest BCUT2D eigenvalue weighted by Crippen LogP contribution is -2.40. The lowest BCUT2D eigenvalue weighted by molar-refractivity contribution is 0.0916. The molecule has 29 heavy (non-hydrogen) atoms. The summed E-state index contributed by atoms with van der Waals surface area (Å²) >= 11 is 3.30. The number of anilines is 1. The van der Waals surface area contributed by atoms with Crippen molar-refractivity contribution in [3.05, 3.63) is 58.6 Å². The van der Waals surface area contributed by atoms with Crippen molar-refractivity contribution in [1.82, 2.24) is 5.32 Å². The number of rotatable bonds is 6. The Balaban J connectivity index is 1.50. The van der Waals surface area contributed by atoms with Gasteiger partial charge in [0.25, 0.3) is 15.9 Å². The van der Waals surface area contributed by atoms with Crippen molar-refractivity contribution in [2.24, 2.45) is 17.8 Å². The molecule has 0 unspecified atom stereocenters. The van der Waals surface area contributed by atoms with Crippen LogP contribution in [0.4, 0.5) is 5.69 Å². The van der Waals surface area contributed by atoms with Crippen molar-refractivity contribution in [2.45, 2.75) is 43.5 Å². The molecular weight excluding hydrogens is 452 g/mol. The van der Waals surface area contributed by atoms with E-state index in [2.05, 4.69) is 32.9 Å². The molecule has 2 aromatic carbocycles. The van der Waals surface area contributed by atoms with E-state index in [4.69, 9.17) is 0 Å². The molecule has 2 aliphatic carbocycles. The predicted molar refractivity (Wildman–Crippen MR) is 117 cm³/mol. The summed E-state index contributed by atoms with van der Waals surface area (Å²) in [5.41, 5.74) is 0.622. The van der Waals surface area contributed by atoms with Gasteiger partial charge < -0.3 is 5.32 Å². The smallest absolute Gasteiger partial charge is 0.261 e. The second-order valence-electron chi connectivity index (χ2n) is 8.21. The normalized spacial score (nSPS) is 24.3. The molecule has 5 nitrogen and oxygen atoms in total. The number of carbonyl (C=O) groups is 1. The Kier molecular flexibility index (Phi) is 5.71. The highest BCUT2D eigenvalue weighted by molar-refractivity contribution is 9.10. The number of carbonyl (C=O) groups excluding carboxylic acids is 1. The van der Waals surface area contributed by atoms with E-state index >= 15 is 0 Å². The molecule has 2 fully saturated rings. The molecule has 0 spiro atoms. The first-order chi connectivity index (χ1) is 13.8. The minimum Gasteiger partial charge on any atom is -0.349 e. The van der Waals surface area contributed by atoms with E-state index in [-0.39, 0.29) is 22.5 Å². The van der Waals surface area contributed by atoms with Crippen LogP contribution in [0.1, 0.15) is 43.0 Å². The molecule has 2 saturated carbocycles. The van der Waals surface area contributed by atoms with Crippen molar-refractivity contribution in [1.29, 1.82) is 0 Å². The van der Waals surface area contributed by atoms with Gasteiger partial charge in [0.05, 0.1) is 16.1 Å². The number of nitrogens with one attached hydrogen (secondary N) is 2. The molecule has 0 radical (unpaired) electrons. The molecule has 2 aliphatic rings. The van der Waals surface area contributed by atoms with Crippen molar-refractivity contribution < 1.29 is 13.2 Å². The summed E-state index contributed by atoms with van der Waals surface area (Å²) in [7, 11) is -3.79. The summed E-state index contributed by atoms with van der Waals surface area (Å²) in [4.78, 5) is 13.1. The molecular formula is C22H25BrN2O3S. The molecule has 2 bridgehead atoms. The number of benzene rings is 2. The van der Waals surface area contributed by atoms with Crippen molar-refractivity contribution >= 4 is 37.5 Å². The molecule has 7 heteroatoms. The van der Waals surface area contributed by atoms with Gasteiger partial charge in [0.15, 0.2) is 0 Å². The molecule has 0 saturated heterocycles. The van der Waals surface area contributed by atoms with E-state index in [0.717, 1.165) is 10.4 Å². The first-order valence-corrected chi connectivity index (χ1v) is 12.3. The number of fused-ring (bicyclic) bond motifs is 2. The van der Waals surface area contributed by atoms with Crippen molar-refractivity contribution in [2.75, 3.05) is 4.72 Å². The monoisotopic (exact) mass is 476 g/mol. The van der Waals surface area contributed by atoms with Gasteiger partial charge >= 0.3 is 0 Å². The molecule has 0 aliphatic heterocycles. The number of sulfonamides is 1.